The predicted octanol–water partition coefficient (Wildman–Crippen LogP) is 5.05. The molecule has 1 atom stereocenters. The van der Waals surface area contributed by atoms with Gasteiger partial charge < -0.3 is 10.8 Å². The summed E-state index contributed by atoms with van der Waals surface area (Å²) < 4.78 is 0. The minimum absolute atomic E-state index is 0.307. The normalized spacial score (nSPS) is 18.2. The molecule has 1 aromatic carbocycles. The van der Waals surface area contributed by atoms with Gasteiger partial charge in [-0.15, -0.1) is 0 Å². The Morgan fingerprint density at radius 3 is 2.73 bits per heavy atom. The lowest BCUT2D eigenvalue weighted by Crippen LogP contribution is -2.20. The number of benzene rings is 1. The van der Waals surface area contributed by atoms with Crippen molar-refractivity contribution in [3.8, 4) is 0 Å². The van der Waals surface area contributed by atoms with Crippen molar-refractivity contribution in [3.63, 3.8) is 0 Å². The van der Waals surface area contributed by atoms with E-state index in [1.165, 1.54) is 61.6 Å². The van der Waals surface area contributed by atoms with Crippen molar-refractivity contribution in [1.82, 2.24) is 0 Å². The van der Waals surface area contributed by atoms with Crippen LogP contribution in [-0.2, 0) is 19.3 Å². The van der Waals surface area contributed by atoms with E-state index < -0.39 is 0 Å². The molecule has 0 fully saturated rings. The summed E-state index contributed by atoms with van der Waals surface area (Å²) in [5.41, 5.74) is 10.9. The van der Waals surface area contributed by atoms with Gasteiger partial charge >= 0.3 is 0 Å². The van der Waals surface area contributed by atoms with Gasteiger partial charge in [-0.1, -0.05) is 57.2 Å². The van der Waals surface area contributed by atoms with E-state index in [1.54, 1.807) is 0 Å². The monoisotopic (exact) mass is 301 g/mol. The van der Waals surface area contributed by atoms with E-state index in [1.807, 2.05) is 0 Å². The van der Waals surface area contributed by atoms with E-state index in [-0.39, 0.29) is 0 Å². The van der Waals surface area contributed by atoms with Gasteiger partial charge in [0.05, 0.1) is 6.26 Å². The number of aryl methyl sites for hydroxylation is 2. The average Bonchev–Trinajstić information content (AvgIpc) is 2.56. The van der Waals surface area contributed by atoms with Gasteiger partial charge in [-0.2, -0.15) is 0 Å². The maximum atomic E-state index is 9.07. The van der Waals surface area contributed by atoms with Gasteiger partial charge in [0.15, 0.2) is 0 Å². The molecule has 2 heteroatoms. The minimum atomic E-state index is 0.307. The minimum Gasteiger partial charge on any atom is -0.514 e. The molecule has 122 valence electrons. The third kappa shape index (κ3) is 4.79. The maximum Gasteiger partial charge on any atom is 0.0981 e. The van der Waals surface area contributed by atoms with Crippen LogP contribution in [0.1, 0.15) is 68.6 Å². The number of aliphatic hydroxyl groups excluding tert-OH is 1. The highest BCUT2D eigenvalue weighted by atomic mass is 16.2. The van der Waals surface area contributed by atoms with Crippen molar-refractivity contribution >= 4 is 0 Å². The summed E-state index contributed by atoms with van der Waals surface area (Å²) >= 11 is 0. The van der Waals surface area contributed by atoms with Crippen molar-refractivity contribution in [1.29, 1.82) is 0 Å². The molecular formula is C20H31NO. The number of hydrogen-bond acceptors (Lipinski definition) is 2. The van der Waals surface area contributed by atoms with Crippen molar-refractivity contribution in [2.45, 2.75) is 71.1 Å². The summed E-state index contributed by atoms with van der Waals surface area (Å²) in [7, 11) is 0. The molecule has 0 radical (unpaired) electrons. The van der Waals surface area contributed by atoms with Gasteiger partial charge in [-0.25, -0.2) is 0 Å². The number of fused-ring (bicyclic) bond motifs is 1. The Bertz CT molecular complexity index is 492. The fourth-order valence-electron chi connectivity index (χ4n) is 3.46. The Labute approximate surface area is 135 Å². The smallest absolute Gasteiger partial charge is 0.0981 e. The molecule has 1 aromatic rings. The number of nitrogens with two attached hydrogens (primary N) is 1. The molecule has 0 heterocycles. The summed E-state index contributed by atoms with van der Waals surface area (Å²) in [4.78, 5) is 0. The molecule has 0 amide bonds. The van der Waals surface area contributed by atoms with E-state index in [0.29, 0.717) is 11.6 Å². The van der Waals surface area contributed by atoms with Crippen LogP contribution in [0.5, 0.6) is 0 Å². The second-order valence-electron chi connectivity index (χ2n) is 6.69. The lowest BCUT2D eigenvalue weighted by Gasteiger charge is -2.25. The lowest BCUT2D eigenvalue weighted by molar-refractivity contribution is 0.436. The maximum absolute atomic E-state index is 9.07. The average molecular weight is 301 g/mol. The quantitative estimate of drug-likeness (QED) is 0.521. The predicted molar refractivity (Wildman–Crippen MR) is 93.9 cm³/mol. The zero-order valence-corrected chi connectivity index (χ0v) is 14.0. The number of aliphatic hydroxyl groups is 1. The Kier molecular flexibility index (Phi) is 6.82. The van der Waals surface area contributed by atoms with Gasteiger partial charge in [0, 0.05) is 11.6 Å². The fourth-order valence-corrected chi connectivity index (χ4v) is 3.46. The molecule has 1 aliphatic rings. The second kappa shape index (κ2) is 8.87. The Hall–Kier alpha value is -1.44. The summed E-state index contributed by atoms with van der Waals surface area (Å²) in [5.74, 6) is 0.307. The Morgan fingerprint density at radius 2 is 1.95 bits per heavy atom. The van der Waals surface area contributed by atoms with Crippen molar-refractivity contribution < 1.29 is 5.11 Å². The molecule has 0 bridgehead atoms. The van der Waals surface area contributed by atoms with Gasteiger partial charge in [-0.3, -0.25) is 0 Å². The first-order valence-corrected chi connectivity index (χ1v) is 8.95. The van der Waals surface area contributed by atoms with Crippen LogP contribution in [0.3, 0.4) is 0 Å². The first-order valence-electron chi connectivity index (χ1n) is 8.95. The number of rotatable bonds is 8. The molecule has 2 nitrogen and oxygen atoms in total. The molecule has 3 N–H and O–H groups in total. The van der Waals surface area contributed by atoms with Crippen LogP contribution in [0.15, 0.2) is 30.2 Å². The van der Waals surface area contributed by atoms with Crippen LogP contribution in [0.2, 0.25) is 0 Å². The largest absolute Gasteiger partial charge is 0.514 e. The Morgan fingerprint density at radius 1 is 1.18 bits per heavy atom. The van der Waals surface area contributed by atoms with Crippen LogP contribution in [0.4, 0.5) is 0 Å². The van der Waals surface area contributed by atoms with Crippen LogP contribution in [-0.4, -0.2) is 5.11 Å². The lowest BCUT2D eigenvalue weighted by atomic mass is 9.81. The van der Waals surface area contributed by atoms with E-state index in [2.05, 4.69) is 25.1 Å². The van der Waals surface area contributed by atoms with Gasteiger partial charge in [0.2, 0.25) is 0 Å². The van der Waals surface area contributed by atoms with E-state index in [4.69, 9.17) is 10.8 Å². The van der Waals surface area contributed by atoms with Crippen molar-refractivity contribution in [2.75, 3.05) is 0 Å². The third-order valence-corrected chi connectivity index (χ3v) is 4.94. The number of unbranched alkanes of at least 4 members (excludes halogenated alkanes) is 5. The molecule has 1 unspecified atom stereocenters. The molecule has 1 aliphatic carbocycles. The third-order valence-electron chi connectivity index (χ3n) is 4.94. The second-order valence-corrected chi connectivity index (χ2v) is 6.69. The molecule has 0 aromatic heterocycles. The van der Waals surface area contributed by atoms with Crippen LogP contribution >= 0.6 is 0 Å². The first kappa shape index (κ1) is 16.9. The zero-order chi connectivity index (χ0) is 15.8. The summed E-state index contributed by atoms with van der Waals surface area (Å²) in [5, 5.41) is 9.07. The van der Waals surface area contributed by atoms with Crippen molar-refractivity contribution in [2.24, 2.45) is 11.7 Å². The Balaban J connectivity index is 1.82. The van der Waals surface area contributed by atoms with Gasteiger partial charge in [0.25, 0.3) is 0 Å². The number of allylic oxidation sites excluding steroid dienone is 1. The van der Waals surface area contributed by atoms with Crippen molar-refractivity contribution in [3.05, 3.63) is 46.8 Å². The van der Waals surface area contributed by atoms with E-state index >= 15 is 0 Å². The van der Waals surface area contributed by atoms with Crippen LogP contribution in [0, 0.1) is 5.92 Å². The molecule has 0 saturated carbocycles. The van der Waals surface area contributed by atoms with E-state index in [0.717, 1.165) is 25.5 Å². The zero-order valence-electron chi connectivity index (χ0n) is 14.0. The van der Waals surface area contributed by atoms with Gasteiger partial charge in [-0.05, 0) is 48.8 Å². The van der Waals surface area contributed by atoms with Gasteiger partial charge in [0.1, 0.15) is 0 Å². The topological polar surface area (TPSA) is 46.2 Å². The first-order chi connectivity index (χ1) is 10.7. The highest BCUT2D eigenvalue weighted by Gasteiger charge is 2.20. The summed E-state index contributed by atoms with van der Waals surface area (Å²) in [6.07, 6.45) is 13.5. The molecule has 0 aliphatic heterocycles. The highest BCUT2D eigenvalue weighted by Crippen LogP contribution is 2.29. The van der Waals surface area contributed by atoms with Crippen LogP contribution < -0.4 is 5.73 Å². The molecule has 2 rings (SSSR count). The number of hydrogen-bond donors (Lipinski definition) is 2. The molecule has 0 spiro atoms. The molecular weight excluding hydrogens is 270 g/mol. The highest BCUT2D eigenvalue weighted by molar-refractivity contribution is 5.35. The SMILES string of the molecule is CCCCCCCCc1ccc2c(c1)CCC(/C(N)=C/O)C2. The van der Waals surface area contributed by atoms with Crippen LogP contribution in [0.25, 0.3) is 0 Å². The molecule has 0 saturated heterocycles. The van der Waals surface area contributed by atoms with E-state index in [9.17, 15) is 0 Å². The standard InChI is InChI=1S/C20H31NO/c1-2-3-4-5-6-7-8-16-9-10-18-14-19(20(21)15-22)12-11-17(18)13-16/h9-10,13,15,19,22H,2-8,11-12,14,21H2,1H3/b20-15-. The summed E-state index contributed by atoms with van der Waals surface area (Å²) in [6, 6.07) is 6.96. The molecule has 22 heavy (non-hydrogen) atoms. The summed E-state index contributed by atoms with van der Waals surface area (Å²) in [6.45, 7) is 2.27. The fraction of sp³-hybridized carbons (Fsp3) is 0.600.